The molecule has 3 heteroatoms. The third kappa shape index (κ3) is 5.11. The molecule has 0 bridgehead atoms. The fourth-order valence-corrected chi connectivity index (χ4v) is 5.64. The highest BCUT2D eigenvalue weighted by Crippen LogP contribution is 2.46. The summed E-state index contributed by atoms with van der Waals surface area (Å²) in [6.45, 7) is 11.9. The van der Waals surface area contributed by atoms with Crippen LogP contribution in [-0.2, 0) is 17.3 Å². The molecule has 160 valence electrons. The Balaban J connectivity index is 1.72. The van der Waals surface area contributed by atoms with Gasteiger partial charge in [0, 0.05) is 17.0 Å². The molecular weight excluding hydrogens is 372 g/mol. The predicted octanol–water partition coefficient (Wildman–Crippen LogP) is 7.21. The summed E-state index contributed by atoms with van der Waals surface area (Å²) in [5, 5.41) is 3.54. The largest absolute Gasteiger partial charge is 0.306 e. The van der Waals surface area contributed by atoms with Crippen molar-refractivity contribution in [2.45, 2.75) is 96.4 Å². The molecule has 0 radical (unpaired) electrons. The van der Waals surface area contributed by atoms with Crippen LogP contribution in [-0.4, -0.2) is 30.0 Å². The summed E-state index contributed by atoms with van der Waals surface area (Å²) in [4.78, 5) is 7.39. The molecule has 0 amide bonds. The number of nitrogens with zero attached hydrogens (tertiary/aromatic N) is 2. The maximum atomic E-state index is 5.01. The van der Waals surface area contributed by atoms with Gasteiger partial charge < -0.3 is 4.90 Å². The van der Waals surface area contributed by atoms with E-state index in [2.05, 4.69) is 77.2 Å². The van der Waals surface area contributed by atoms with Gasteiger partial charge in [-0.05, 0) is 80.6 Å². The van der Waals surface area contributed by atoms with Gasteiger partial charge in [0.2, 0.25) is 0 Å². The lowest BCUT2D eigenvalue weighted by Gasteiger charge is -2.42. The van der Waals surface area contributed by atoms with Crippen LogP contribution < -0.4 is 0 Å². The zero-order valence-corrected chi connectivity index (χ0v) is 20.5. The number of aryl methyl sites for hydroxylation is 1. The Bertz CT molecular complexity index is 816. The van der Waals surface area contributed by atoms with Crippen LogP contribution in [0.25, 0.3) is 11.3 Å². The number of thiazole rings is 1. The lowest BCUT2D eigenvalue weighted by atomic mass is 9.63. The van der Waals surface area contributed by atoms with E-state index in [1.165, 1.54) is 60.2 Å². The summed E-state index contributed by atoms with van der Waals surface area (Å²) in [5.74, 6) is 0. The predicted molar refractivity (Wildman–Crippen MR) is 128 cm³/mol. The number of hydrogen-bond acceptors (Lipinski definition) is 3. The van der Waals surface area contributed by atoms with Gasteiger partial charge >= 0.3 is 0 Å². The summed E-state index contributed by atoms with van der Waals surface area (Å²) in [7, 11) is 4.42. The Kier molecular flexibility index (Phi) is 6.90. The van der Waals surface area contributed by atoms with Gasteiger partial charge in [0.1, 0.15) is 0 Å². The molecule has 2 aromatic rings. The molecule has 1 aromatic carbocycles. The quantitative estimate of drug-likeness (QED) is 0.455. The van der Waals surface area contributed by atoms with E-state index >= 15 is 0 Å². The first-order chi connectivity index (χ1) is 13.6. The molecule has 1 aliphatic carbocycles. The average Bonchev–Trinajstić information content (AvgIpc) is 3.13. The fourth-order valence-electron chi connectivity index (χ4n) is 4.79. The molecule has 29 heavy (non-hydrogen) atoms. The van der Waals surface area contributed by atoms with E-state index in [4.69, 9.17) is 4.98 Å². The van der Waals surface area contributed by atoms with Crippen molar-refractivity contribution in [3.05, 3.63) is 39.7 Å². The van der Waals surface area contributed by atoms with Gasteiger partial charge in [0.15, 0.2) is 0 Å². The van der Waals surface area contributed by atoms with Crippen LogP contribution in [0.2, 0.25) is 0 Å². The molecule has 1 unspecified atom stereocenters. The van der Waals surface area contributed by atoms with E-state index in [-0.39, 0.29) is 10.8 Å². The molecule has 0 saturated heterocycles. The molecule has 2 nitrogen and oxygen atoms in total. The topological polar surface area (TPSA) is 16.1 Å². The van der Waals surface area contributed by atoms with Crippen molar-refractivity contribution in [2.75, 3.05) is 14.1 Å². The molecule has 0 fully saturated rings. The molecule has 3 rings (SSSR count). The third-order valence-corrected chi connectivity index (χ3v) is 7.89. The van der Waals surface area contributed by atoms with Crippen LogP contribution in [0.4, 0.5) is 0 Å². The summed E-state index contributed by atoms with van der Waals surface area (Å²) >= 11 is 1.83. The van der Waals surface area contributed by atoms with E-state index in [0.29, 0.717) is 6.04 Å². The second-order valence-electron chi connectivity index (χ2n) is 10.5. The van der Waals surface area contributed by atoms with Gasteiger partial charge in [-0.15, -0.1) is 11.3 Å². The Morgan fingerprint density at radius 1 is 1.03 bits per heavy atom. The maximum Gasteiger partial charge on any atom is 0.0932 e. The zero-order chi connectivity index (χ0) is 21.2. The monoisotopic (exact) mass is 412 g/mol. The summed E-state index contributed by atoms with van der Waals surface area (Å²) < 4.78 is 0. The number of aromatic nitrogens is 1. The minimum atomic E-state index is 0.250. The molecular formula is C26H40N2S. The summed E-state index contributed by atoms with van der Waals surface area (Å²) in [6.07, 6.45) is 8.65. The highest BCUT2D eigenvalue weighted by Gasteiger charge is 2.37. The van der Waals surface area contributed by atoms with Crippen LogP contribution in [0.3, 0.4) is 0 Å². The first-order valence-electron chi connectivity index (χ1n) is 11.4. The molecule has 0 saturated carbocycles. The van der Waals surface area contributed by atoms with Gasteiger partial charge in [0.25, 0.3) is 0 Å². The second kappa shape index (κ2) is 8.89. The Labute approximate surface area is 182 Å². The summed E-state index contributed by atoms with van der Waals surface area (Å²) in [5.41, 5.74) is 6.02. The Hall–Kier alpha value is -1.19. The fraction of sp³-hybridized carbons (Fsp3) is 0.654. The molecule has 1 aromatic heterocycles. The molecule has 0 N–H and O–H groups in total. The Morgan fingerprint density at radius 2 is 1.72 bits per heavy atom. The van der Waals surface area contributed by atoms with Crippen molar-refractivity contribution in [2.24, 2.45) is 0 Å². The van der Waals surface area contributed by atoms with Gasteiger partial charge in [-0.25, -0.2) is 4.98 Å². The van der Waals surface area contributed by atoms with Crippen LogP contribution >= 0.6 is 11.3 Å². The van der Waals surface area contributed by atoms with Crippen molar-refractivity contribution < 1.29 is 0 Å². The SMILES string of the molecule is CCCC(CCCc1nc(-c2ccc3c(c2)C(C)(C)CCC3(C)C)cs1)N(C)C. The van der Waals surface area contributed by atoms with Crippen molar-refractivity contribution >= 4 is 11.3 Å². The van der Waals surface area contributed by atoms with Crippen molar-refractivity contribution in [1.82, 2.24) is 9.88 Å². The van der Waals surface area contributed by atoms with E-state index in [0.717, 1.165) is 12.1 Å². The highest BCUT2D eigenvalue weighted by molar-refractivity contribution is 7.09. The molecule has 1 aliphatic rings. The van der Waals surface area contributed by atoms with Crippen LogP contribution in [0, 0.1) is 0 Å². The maximum absolute atomic E-state index is 5.01. The van der Waals surface area contributed by atoms with Crippen molar-refractivity contribution in [3.63, 3.8) is 0 Å². The second-order valence-corrected chi connectivity index (χ2v) is 11.4. The molecule has 1 heterocycles. The number of rotatable bonds is 8. The number of hydrogen-bond donors (Lipinski definition) is 0. The normalized spacial score (nSPS) is 18.6. The molecule has 0 aliphatic heterocycles. The van der Waals surface area contributed by atoms with E-state index < -0.39 is 0 Å². The van der Waals surface area contributed by atoms with E-state index in [1.54, 1.807) is 0 Å². The van der Waals surface area contributed by atoms with Crippen LogP contribution in [0.15, 0.2) is 23.6 Å². The van der Waals surface area contributed by atoms with Crippen LogP contribution in [0.1, 0.15) is 89.3 Å². The van der Waals surface area contributed by atoms with Gasteiger partial charge in [-0.2, -0.15) is 0 Å². The lowest BCUT2D eigenvalue weighted by molar-refractivity contribution is 0.258. The smallest absolute Gasteiger partial charge is 0.0932 e. The van der Waals surface area contributed by atoms with Gasteiger partial charge in [-0.3, -0.25) is 0 Å². The van der Waals surface area contributed by atoms with E-state index in [1.807, 2.05) is 11.3 Å². The standard InChI is InChI=1S/C26H40N2S/c1-8-10-20(28(6)7)11-9-12-24-27-23(18-29-24)19-13-14-21-22(17-19)26(4,5)16-15-25(21,2)3/h13-14,17-18,20H,8-12,15-16H2,1-7H3. The first-order valence-corrected chi connectivity index (χ1v) is 12.3. The zero-order valence-electron chi connectivity index (χ0n) is 19.6. The number of fused-ring (bicyclic) bond motifs is 1. The summed E-state index contributed by atoms with van der Waals surface area (Å²) in [6, 6.07) is 7.80. The van der Waals surface area contributed by atoms with Crippen molar-refractivity contribution in [1.29, 1.82) is 0 Å². The first kappa shape index (κ1) is 22.5. The van der Waals surface area contributed by atoms with E-state index in [9.17, 15) is 0 Å². The minimum Gasteiger partial charge on any atom is -0.306 e. The number of benzene rings is 1. The van der Waals surface area contributed by atoms with Gasteiger partial charge in [0.05, 0.1) is 10.7 Å². The van der Waals surface area contributed by atoms with Gasteiger partial charge in [-0.1, -0.05) is 53.2 Å². The highest BCUT2D eigenvalue weighted by atomic mass is 32.1. The van der Waals surface area contributed by atoms with Crippen LogP contribution in [0.5, 0.6) is 0 Å². The van der Waals surface area contributed by atoms with Crippen molar-refractivity contribution in [3.8, 4) is 11.3 Å². The average molecular weight is 413 g/mol. The lowest BCUT2D eigenvalue weighted by Crippen LogP contribution is -2.33. The molecule has 1 atom stereocenters. The molecule has 0 spiro atoms. The Morgan fingerprint density at radius 3 is 2.38 bits per heavy atom. The minimum absolute atomic E-state index is 0.250. The third-order valence-electron chi connectivity index (χ3n) is 6.98.